The molecule has 5 nitrogen and oxygen atoms in total. The van der Waals surface area contributed by atoms with Crippen LogP contribution in [0.3, 0.4) is 0 Å². The van der Waals surface area contributed by atoms with E-state index in [-0.39, 0.29) is 0 Å². The van der Waals surface area contributed by atoms with Crippen LogP contribution in [0.15, 0.2) is 42.6 Å². The van der Waals surface area contributed by atoms with Gasteiger partial charge >= 0.3 is 0 Å². The zero-order chi connectivity index (χ0) is 11.7. The van der Waals surface area contributed by atoms with Crippen LogP contribution in [-0.4, -0.2) is 19.8 Å². The maximum Gasteiger partial charge on any atom is 0.186 e. The number of fused-ring (bicyclic) bond motifs is 1. The van der Waals surface area contributed by atoms with Gasteiger partial charge < -0.3 is 0 Å². The second-order valence-corrected chi connectivity index (χ2v) is 3.47. The molecule has 1 aromatic carbocycles. The van der Waals surface area contributed by atoms with Gasteiger partial charge in [-0.15, -0.1) is 10.2 Å². The van der Waals surface area contributed by atoms with Crippen molar-refractivity contribution in [3.63, 3.8) is 0 Å². The predicted octanol–water partition coefficient (Wildman–Crippen LogP) is 1.66. The summed E-state index contributed by atoms with van der Waals surface area (Å²) in [6, 6.07) is 13.0. The average molecular weight is 221 g/mol. The number of hydrogen-bond acceptors (Lipinski definition) is 4. The number of nitrogens with zero attached hydrogens (tertiary/aromatic N) is 5. The summed E-state index contributed by atoms with van der Waals surface area (Å²) in [5, 5.41) is 21.3. The lowest BCUT2D eigenvalue weighted by Gasteiger charge is -2.00. The highest BCUT2D eigenvalue weighted by Gasteiger charge is 2.11. The van der Waals surface area contributed by atoms with E-state index in [0.29, 0.717) is 17.0 Å². The molecule has 0 saturated carbocycles. The number of aromatic nitrogens is 4. The Labute approximate surface area is 97.0 Å². The Balaban J connectivity index is 2.32. The molecule has 0 N–H and O–H groups in total. The van der Waals surface area contributed by atoms with Crippen LogP contribution in [0.4, 0.5) is 0 Å². The standard InChI is InChI=1S/C12H7N5/c13-8-9-4-1-2-5-10(9)12-16-15-11-6-3-7-14-17(11)12/h1-7H. The third-order valence-electron chi connectivity index (χ3n) is 2.47. The Bertz CT molecular complexity index is 723. The minimum absolute atomic E-state index is 0.562. The van der Waals surface area contributed by atoms with Gasteiger partial charge in [0.1, 0.15) is 0 Å². The first-order valence-electron chi connectivity index (χ1n) is 5.06. The Hall–Kier alpha value is -2.74. The van der Waals surface area contributed by atoms with Crippen molar-refractivity contribution < 1.29 is 0 Å². The summed E-state index contributed by atoms with van der Waals surface area (Å²) in [6.07, 6.45) is 1.66. The van der Waals surface area contributed by atoms with Gasteiger partial charge in [0.2, 0.25) is 0 Å². The van der Waals surface area contributed by atoms with Gasteiger partial charge in [0.15, 0.2) is 11.5 Å². The summed E-state index contributed by atoms with van der Waals surface area (Å²) in [4.78, 5) is 0. The minimum atomic E-state index is 0.562. The molecule has 0 amide bonds. The van der Waals surface area contributed by atoms with Crippen LogP contribution in [-0.2, 0) is 0 Å². The van der Waals surface area contributed by atoms with Gasteiger partial charge in [-0.05, 0) is 24.3 Å². The van der Waals surface area contributed by atoms with Crippen LogP contribution < -0.4 is 0 Å². The first kappa shape index (κ1) is 9.48. The van der Waals surface area contributed by atoms with Crippen LogP contribution in [0.2, 0.25) is 0 Å². The fourth-order valence-corrected chi connectivity index (χ4v) is 1.69. The molecule has 2 heterocycles. The van der Waals surface area contributed by atoms with Gasteiger partial charge in [-0.1, -0.05) is 12.1 Å². The summed E-state index contributed by atoms with van der Waals surface area (Å²) >= 11 is 0. The van der Waals surface area contributed by atoms with Crippen molar-refractivity contribution in [2.75, 3.05) is 0 Å². The van der Waals surface area contributed by atoms with E-state index >= 15 is 0 Å². The normalized spacial score (nSPS) is 10.3. The highest BCUT2D eigenvalue weighted by atomic mass is 15.4. The van der Waals surface area contributed by atoms with E-state index < -0.39 is 0 Å². The zero-order valence-corrected chi connectivity index (χ0v) is 8.78. The van der Waals surface area contributed by atoms with Gasteiger partial charge in [0.25, 0.3) is 0 Å². The van der Waals surface area contributed by atoms with E-state index in [1.165, 1.54) is 0 Å². The Morgan fingerprint density at radius 1 is 1.06 bits per heavy atom. The molecule has 0 spiro atoms. The number of rotatable bonds is 1. The molecule has 0 fully saturated rings. The Kier molecular flexibility index (Phi) is 2.06. The quantitative estimate of drug-likeness (QED) is 0.626. The van der Waals surface area contributed by atoms with E-state index in [9.17, 15) is 0 Å². The van der Waals surface area contributed by atoms with Gasteiger partial charge in [-0.25, -0.2) is 0 Å². The molecular formula is C12H7N5. The monoisotopic (exact) mass is 221 g/mol. The number of nitriles is 1. The molecule has 0 unspecified atom stereocenters. The van der Waals surface area contributed by atoms with Crippen molar-refractivity contribution in [1.29, 1.82) is 5.26 Å². The summed E-state index contributed by atoms with van der Waals surface area (Å²) in [5.41, 5.74) is 1.96. The van der Waals surface area contributed by atoms with E-state index in [4.69, 9.17) is 5.26 Å². The predicted molar refractivity (Wildman–Crippen MR) is 60.9 cm³/mol. The van der Waals surface area contributed by atoms with Gasteiger partial charge in [0, 0.05) is 11.8 Å². The third kappa shape index (κ3) is 1.43. The molecule has 80 valence electrons. The zero-order valence-electron chi connectivity index (χ0n) is 8.78. The van der Waals surface area contributed by atoms with Crippen molar-refractivity contribution in [2.45, 2.75) is 0 Å². The minimum Gasteiger partial charge on any atom is -0.193 e. The SMILES string of the molecule is N#Cc1ccccc1-c1nnc2cccnn12. The average Bonchev–Trinajstić information content (AvgIpc) is 2.82. The van der Waals surface area contributed by atoms with Crippen molar-refractivity contribution in [1.82, 2.24) is 19.8 Å². The molecule has 0 saturated heterocycles. The van der Waals surface area contributed by atoms with Crippen LogP contribution in [0.1, 0.15) is 5.56 Å². The van der Waals surface area contributed by atoms with Crippen molar-refractivity contribution >= 4 is 5.65 Å². The maximum atomic E-state index is 9.06. The smallest absolute Gasteiger partial charge is 0.186 e. The molecule has 0 aliphatic heterocycles. The molecule has 17 heavy (non-hydrogen) atoms. The molecule has 3 aromatic rings. The first-order valence-corrected chi connectivity index (χ1v) is 5.06. The lowest BCUT2D eigenvalue weighted by molar-refractivity contribution is 0.935. The molecule has 0 aliphatic rings. The van der Waals surface area contributed by atoms with Crippen molar-refractivity contribution in [3.05, 3.63) is 48.2 Å². The van der Waals surface area contributed by atoms with Crippen LogP contribution in [0.5, 0.6) is 0 Å². The number of benzene rings is 1. The maximum absolute atomic E-state index is 9.06. The third-order valence-corrected chi connectivity index (χ3v) is 2.47. The molecule has 0 aliphatic carbocycles. The van der Waals surface area contributed by atoms with E-state index in [1.807, 2.05) is 24.3 Å². The summed E-state index contributed by atoms with van der Waals surface area (Å²) in [6.45, 7) is 0. The molecule has 3 rings (SSSR count). The molecule has 2 aromatic heterocycles. The largest absolute Gasteiger partial charge is 0.193 e. The fourth-order valence-electron chi connectivity index (χ4n) is 1.69. The molecule has 0 radical (unpaired) electrons. The van der Waals surface area contributed by atoms with E-state index in [2.05, 4.69) is 21.4 Å². The second-order valence-electron chi connectivity index (χ2n) is 3.47. The van der Waals surface area contributed by atoms with Gasteiger partial charge in [-0.2, -0.15) is 14.9 Å². The molecule has 0 atom stereocenters. The Morgan fingerprint density at radius 2 is 1.94 bits per heavy atom. The summed E-state index contributed by atoms with van der Waals surface area (Å²) in [5.74, 6) is 0.581. The lowest BCUT2D eigenvalue weighted by atomic mass is 10.1. The molecule has 5 heteroatoms. The highest BCUT2D eigenvalue weighted by molar-refractivity contribution is 5.66. The lowest BCUT2D eigenvalue weighted by Crippen LogP contribution is -1.95. The Morgan fingerprint density at radius 3 is 2.82 bits per heavy atom. The number of hydrogen-bond donors (Lipinski definition) is 0. The molecular weight excluding hydrogens is 214 g/mol. The fraction of sp³-hybridized carbons (Fsp3) is 0. The van der Waals surface area contributed by atoms with E-state index in [1.54, 1.807) is 22.8 Å². The summed E-state index contributed by atoms with van der Waals surface area (Å²) < 4.78 is 1.62. The highest BCUT2D eigenvalue weighted by Crippen LogP contribution is 2.20. The van der Waals surface area contributed by atoms with E-state index in [0.717, 1.165) is 5.56 Å². The molecule has 0 bridgehead atoms. The van der Waals surface area contributed by atoms with Crippen molar-refractivity contribution in [2.24, 2.45) is 0 Å². The van der Waals surface area contributed by atoms with Gasteiger partial charge in [-0.3, -0.25) is 0 Å². The summed E-state index contributed by atoms with van der Waals surface area (Å²) in [7, 11) is 0. The van der Waals surface area contributed by atoms with Gasteiger partial charge in [0.05, 0.1) is 11.6 Å². The second kappa shape index (κ2) is 3.68. The first-order chi connectivity index (χ1) is 8.40. The van der Waals surface area contributed by atoms with Crippen LogP contribution >= 0.6 is 0 Å². The van der Waals surface area contributed by atoms with Crippen LogP contribution in [0.25, 0.3) is 17.0 Å². The topological polar surface area (TPSA) is 66.9 Å². The van der Waals surface area contributed by atoms with Crippen LogP contribution in [0, 0.1) is 11.3 Å². The van der Waals surface area contributed by atoms with Crippen molar-refractivity contribution in [3.8, 4) is 17.5 Å².